The highest BCUT2D eigenvalue weighted by molar-refractivity contribution is 5.66. The molecule has 0 unspecified atom stereocenters. The van der Waals surface area contributed by atoms with E-state index in [0.717, 1.165) is 37.4 Å². The minimum atomic E-state index is 0.634. The molecular weight excluding hydrogens is 310 g/mol. The van der Waals surface area contributed by atoms with Crippen LogP contribution < -0.4 is 9.80 Å². The first-order chi connectivity index (χ1) is 12.4. The van der Waals surface area contributed by atoms with Crippen molar-refractivity contribution in [2.45, 2.75) is 19.8 Å². The Balaban J connectivity index is 1.71. The molecule has 3 aromatic rings. The van der Waals surface area contributed by atoms with Crippen molar-refractivity contribution in [2.24, 2.45) is 0 Å². The van der Waals surface area contributed by atoms with Gasteiger partial charge >= 0.3 is 0 Å². The molecule has 0 radical (unpaired) electrons. The Morgan fingerprint density at radius 3 is 2.68 bits per heavy atom. The molecule has 0 amide bonds. The molecular formula is C20H21N5. The fourth-order valence-corrected chi connectivity index (χ4v) is 3.35. The van der Waals surface area contributed by atoms with E-state index in [4.69, 9.17) is 4.98 Å². The standard InChI is InChI=1S/C20H21N5/c1-2-24(17-11-4-3-5-12-17)20-22-19(15-21-23-20)25-14-8-10-16-9-6-7-13-18(16)25/h3-7,9,11-13,15H,2,8,10,14H2,1H3. The van der Waals surface area contributed by atoms with Crippen LogP contribution in [-0.4, -0.2) is 28.3 Å². The molecule has 5 heteroatoms. The van der Waals surface area contributed by atoms with Gasteiger partial charge in [-0.2, -0.15) is 10.1 Å². The Morgan fingerprint density at radius 1 is 1.04 bits per heavy atom. The minimum Gasteiger partial charge on any atom is -0.325 e. The number of benzene rings is 2. The van der Waals surface area contributed by atoms with E-state index in [2.05, 4.69) is 63.3 Å². The maximum Gasteiger partial charge on any atom is 0.251 e. The highest BCUT2D eigenvalue weighted by Crippen LogP contribution is 2.32. The summed E-state index contributed by atoms with van der Waals surface area (Å²) in [6.07, 6.45) is 3.99. The molecule has 0 aliphatic carbocycles. The quantitative estimate of drug-likeness (QED) is 0.720. The number of hydrogen-bond acceptors (Lipinski definition) is 5. The van der Waals surface area contributed by atoms with Gasteiger partial charge in [0.15, 0.2) is 5.82 Å². The zero-order valence-corrected chi connectivity index (χ0v) is 14.3. The maximum atomic E-state index is 4.82. The van der Waals surface area contributed by atoms with Gasteiger partial charge in [0.05, 0.1) is 6.20 Å². The molecule has 1 aliphatic rings. The Kier molecular flexibility index (Phi) is 4.29. The van der Waals surface area contributed by atoms with Crippen LogP contribution in [0.15, 0.2) is 60.8 Å². The second kappa shape index (κ2) is 6.89. The van der Waals surface area contributed by atoms with Gasteiger partial charge in [0, 0.05) is 24.5 Å². The number of aromatic nitrogens is 3. The van der Waals surface area contributed by atoms with Crippen molar-refractivity contribution in [1.82, 2.24) is 15.2 Å². The van der Waals surface area contributed by atoms with Crippen molar-refractivity contribution >= 4 is 23.1 Å². The largest absolute Gasteiger partial charge is 0.325 e. The van der Waals surface area contributed by atoms with Crippen LogP contribution in [0.4, 0.5) is 23.1 Å². The van der Waals surface area contributed by atoms with Gasteiger partial charge in [-0.05, 0) is 43.5 Å². The molecule has 2 heterocycles. The van der Waals surface area contributed by atoms with Crippen LogP contribution in [0, 0.1) is 0 Å². The maximum absolute atomic E-state index is 4.82. The number of nitrogens with zero attached hydrogens (tertiary/aromatic N) is 5. The van der Waals surface area contributed by atoms with Gasteiger partial charge in [-0.3, -0.25) is 0 Å². The van der Waals surface area contributed by atoms with E-state index in [0.29, 0.717) is 5.95 Å². The highest BCUT2D eigenvalue weighted by Gasteiger charge is 2.20. The van der Waals surface area contributed by atoms with Crippen molar-refractivity contribution in [3.63, 3.8) is 0 Å². The molecule has 126 valence electrons. The van der Waals surface area contributed by atoms with Crippen LogP contribution in [0.25, 0.3) is 0 Å². The molecule has 0 bridgehead atoms. The Labute approximate surface area is 148 Å². The zero-order valence-electron chi connectivity index (χ0n) is 14.3. The van der Waals surface area contributed by atoms with Crippen LogP contribution in [0.5, 0.6) is 0 Å². The fourth-order valence-electron chi connectivity index (χ4n) is 3.35. The smallest absolute Gasteiger partial charge is 0.251 e. The van der Waals surface area contributed by atoms with Gasteiger partial charge in [-0.25, -0.2) is 0 Å². The Morgan fingerprint density at radius 2 is 1.84 bits per heavy atom. The van der Waals surface area contributed by atoms with Gasteiger partial charge in [-0.15, -0.1) is 5.10 Å². The predicted molar refractivity (Wildman–Crippen MR) is 101 cm³/mol. The van der Waals surface area contributed by atoms with Gasteiger partial charge in [0.1, 0.15) is 0 Å². The highest BCUT2D eigenvalue weighted by atomic mass is 15.4. The van der Waals surface area contributed by atoms with Crippen molar-refractivity contribution in [2.75, 3.05) is 22.9 Å². The van der Waals surface area contributed by atoms with Crippen molar-refractivity contribution in [3.8, 4) is 0 Å². The van der Waals surface area contributed by atoms with Gasteiger partial charge in [0.2, 0.25) is 0 Å². The summed E-state index contributed by atoms with van der Waals surface area (Å²) in [5.41, 5.74) is 3.66. The molecule has 4 rings (SSSR count). The number of anilines is 4. The lowest BCUT2D eigenvalue weighted by molar-refractivity contribution is 0.751. The first-order valence-electron chi connectivity index (χ1n) is 8.74. The first-order valence-corrected chi connectivity index (χ1v) is 8.74. The lowest BCUT2D eigenvalue weighted by Gasteiger charge is -2.30. The third-order valence-electron chi connectivity index (χ3n) is 4.55. The number of para-hydroxylation sites is 2. The summed E-state index contributed by atoms with van der Waals surface area (Å²) in [4.78, 5) is 9.14. The summed E-state index contributed by atoms with van der Waals surface area (Å²) in [5.74, 6) is 1.49. The molecule has 0 N–H and O–H groups in total. The van der Waals surface area contributed by atoms with Crippen molar-refractivity contribution < 1.29 is 0 Å². The van der Waals surface area contributed by atoms with Gasteiger partial charge in [0.25, 0.3) is 5.95 Å². The van der Waals surface area contributed by atoms with E-state index in [1.165, 1.54) is 11.3 Å². The number of hydrogen-bond donors (Lipinski definition) is 0. The molecule has 0 atom stereocenters. The number of aryl methyl sites for hydroxylation is 1. The normalized spacial score (nSPS) is 13.4. The van der Waals surface area contributed by atoms with Crippen LogP contribution in [0.3, 0.4) is 0 Å². The summed E-state index contributed by atoms with van der Waals surface area (Å²) in [7, 11) is 0. The molecule has 0 saturated heterocycles. The third-order valence-corrected chi connectivity index (χ3v) is 4.55. The van der Waals surface area contributed by atoms with Crippen LogP contribution >= 0.6 is 0 Å². The second-order valence-corrected chi connectivity index (χ2v) is 6.08. The van der Waals surface area contributed by atoms with E-state index < -0.39 is 0 Å². The molecule has 1 aromatic heterocycles. The summed E-state index contributed by atoms with van der Waals surface area (Å²) in [5, 5.41) is 8.51. The van der Waals surface area contributed by atoms with Crippen LogP contribution in [0.1, 0.15) is 18.9 Å². The van der Waals surface area contributed by atoms with E-state index in [9.17, 15) is 0 Å². The lowest BCUT2D eigenvalue weighted by Crippen LogP contribution is -2.27. The number of rotatable bonds is 4. The average molecular weight is 331 g/mol. The van der Waals surface area contributed by atoms with E-state index >= 15 is 0 Å². The first kappa shape index (κ1) is 15.6. The minimum absolute atomic E-state index is 0.634. The molecule has 0 spiro atoms. The molecule has 5 nitrogen and oxygen atoms in total. The Hall–Kier alpha value is -2.95. The van der Waals surface area contributed by atoms with Gasteiger partial charge < -0.3 is 9.80 Å². The molecule has 0 saturated carbocycles. The number of fused-ring (bicyclic) bond motifs is 1. The summed E-state index contributed by atoms with van der Waals surface area (Å²) >= 11 is 0. The van der Waals surface area contributed by atoms with E-state index in [1.807, 2.05) is 18.2 Å². The van der Waals surface area contributed by atoms with E-state index in [-0.39, 0.29) is 0 Å². The summed E-state index contributed by atoms with van der Waals surface area (Å²) < 4.78 is 0. The topological polar surface area (TPSA) is 45.2 Å². The predicted octanol–water partition coefficient (Wildman–Crippen LogP) is 4.11. The lowest BCUT2D eigenvalue weighted by atomic mass is 10.0. The summed E-state index contributed by atoms with van der Waals surface area (Å²) in [6.45, 7) is 3.83. The third kappa shape index (κ3) is 3.05. The molecule has 2 aromatic carbocycles. The monoisotopic (exact) mass is 331 g/mol. The zero-order chi connectivity index (χ0) is 17.1. The summed E-state index contributed by atoms with van der Waals surface area (Å²) in [6, 6.07) is 18.7. The Bertz CT molecular complexity index is 849. The van der Waals surface area contributed by atoms with E-state index in [1.54, 1.807) is 6.20 Å². The van der Waals surface area contributed by atoms with Crippen molar-refractivity contribution in [3.05, 3.63) is 66.4 Å². The molecule has 0 fully saturated rings. The molecule has 25 heavy (non-hydrogen) atoms. The van der Waals surface area contributed by atoms with Crippen LogP contribution in [-0.2, 0) is 6.42 Å². The van der Waals surface area contributed by atoms with Crippen LogP contribution in [0.2, 0.25) is 0 Å². The van der Waals surface area contributed by atoms with Gasteiger partial charge in [-0.1, -0.05) is 36.4 Å². The fraction of sp³-hybridized carbons (Fsp3) is 0.250. The molecule has 1 aliphatic heterocycles. The SMILES string of the molecule is CCN(c1ccccc1)c1nncc(N2CCCc3ccccc32)n1. The average Bonchev–Trinajstić information content (AvgIpc) is 2.69. The second-order valence-electron chi connectivity index (χ2n) is 6.08. The van der Waals surface area contributed by atoms with Crippen molar-refractivity contribution in [1.29, 1.82) is 0 Å².